The molecule has 0 aromatic heterocycles. The number of hydrogen-bond donors (Lipinski definition) is 2. The molecule has 2 amide bonds. The zero-order chi connectivity index (χ0) is 19.6. The summed E-state index contributed by atoms with van der Waals surface area (Å²) < 4.78 is 25.7. The maximum atomic E-state index is 12.5. The van der Waals surface area contributed by atoms with E-state index < -0.39 is 10.0 Å². The maximum absolute atomic E-state index is 12.5. The first kappa shape index (κ1) is 19.3. The Bertz CT molecular complexity index is 990. The van der Waals surface area contributed by atoms with E-state index in [0.717, 1.165) is 6.42 Å². The van der Waals surface area contributed by atoms with Crippen LogP contribution in [0.25, 0.3) is 0 Å². The number of benzene rings is 2. The Morgan fingerprint density at radius 1 is 1.15 bits per heavy atom. The molecule has 2 aromatic carbocycles. The highest BCUT2D eigenvalue weighted by Gasteiger charge is 2.24. The SMILES string of the molecule is CNS(=O)(=O)c1ccc(NC(=O)c2ccc(Cl)c(N3CCCC3=O)c2)cc1. The summed E-state index contributed by atoms with van der Waals surface area (Å²) in [7, 11) is -2.21. The summed E-state index contributed by atoms with van der Waals surface area (Å²) in [4.78, 5) is 26.2. The minimum atomic E-state index is -3.54. The van der Waals surface area contributed by atoms with Crippen LogP contribution in [-0.4, -0.2) is 33.8 Å². The Morgan fingerprint density at radius 2 is 1.85 bits per heavy atom. The maximum Gasteiger partial charge on any atom is 0.255 e. The first-order chi connectivity index (χ1) is 12.8. The van der Waals surface area contributed by atoms with E-state index in [-0.39, 0.29) is 16.7 Å². The van der Waals surface area contributed by atoms with E-state index in [2.05, 4.69) is 10.0 Å². The quantitative estimate of drug-likeness (QED) is 0.796. The molecule has 7 nitrogen and oxygen atoms in total. The molecule has 0 atom stereocenters. The summed E-state index contributed by atoms with van der Waals surface area (Å²) >= 11 is 6.19. The van der Waals surface area contributed by atoms with Crippen LogP contribution in [0.3, 0.4) is 0 Å². The van der Waals surface area contributed by atoms with Gasteiger partial charge in [0.15, 0.2) is 0 Å². The van der Waals surface area contributed by atoms with Gasteiger partial charge in [-0.15, -0.1) is 0 Å². The number of hydrogen-bond acceptors (Lipinski definition) is 4. The van der Waals surface area contributed by atoms with Crippen molar-refractivity contribution in [2.45, 2.75) is 17.7 Å². The van der Waals surface area contributed by atoms with Crippen molar-refractivity contribution in [3.8, 4) is 0 Å². The normalized spacial score (nSPS) is 14.4. The third kappa shape index (κ3) is 4.13. The third-order valence-electron chi connectivity index (χ3n) is 4.26. The highest BCUT2D eigenvalue weighted by Crippen LogP contribution is 2.30. The molecule has 0 saturated carbocycles. The van der Waals surface area contributed by atoms with Gasteiger partial charge in [0, 0.05) is 24.2 Å². The molecule has 1 saturated heterocycles. The minimum absolute atomic E-state index is 0.0178. The monoisotopic (exact) mass is 407 g/mol. The van der Waals surface area contributed by atoms with Crippen molar-refractivity contribution in [1.82, 2.24) is 4.72 Å². The van der Waals surface area contributed by atoms with Crippen LogP contribution in [0.5, 0.6) is 0 Å². The van der Waals surface area contributed by atoms with Crippen LogP contribution in [0.4, 0.5) is 11.4 Å². The molecule has 142 valence electrons. The van der Waals surface area contributed by atoms with Crippen molar-refractivity contribution >= 4 is 44.8 Å². The number of nitrogens with one attached hydrogen (secondary N) is 2. The highest BCUT2D eigenvalue weighted by molar-refractivity contribution is 7.89. The number of halogens is 1. The smallest absolute Gasteiger partial charge is 0.255 e. The van der Waals surface area contributed by atoms with Crippen LogP contribution in [0, 0.1) is 0 Å². The Labute approximate surface area is 162 Å². The fourth-order valence-electron chi connectivity index (χ4n) is 2.80. The molecule has 0 aliphatic carbocycles. The Hall–Kier alpha value is -2.42. The summed E-state index contributed by atoms with van der Waals surface area (Å²) in [5, 5.41) is 3.11. The van der Waals surface area contributed by atoms with Crippen LogP contribution in [0.2, 0.25) is 5.02 Å². The lowest BCUT2D eigenvalue weighted by molar-refractivity contribution is -0.117. The van der Waals surface area contributed by atoms with Gasteiger partial charge in [-0.25, -0.2) is 13.1 Å². The second-order valence-corrected chi connectivity index (χ2v) is 8.29. The predicted octanol–water partition coefficient (Wildman–Crippen LogP) is 2.63. The molecule has 0 spiro atoms. The van der Waals surface area contributed by atoms with Crippen LogP contribution in [0.15, 0.2) is 47.4 Å². The molecule has 2 aromatic rings. The van der Waals surface area contributed by atoms with Gasteiger partial charge in [-0.05, 0) is 55.9 Å². The fraction of sp³-hybridized carbons (Fsp3) is 0.222. The average Bonchev–Trinajstić information content (AvgIpc) is 3.08. The standard InChI is InChI=1S/C18H18ClN3O4S/c1-20-27(25,26)14-7-5-13(6-8-14)21-18(24)12-4-9-15(19)16(11-12)22-10-2-3-17(22)23/h4-9,11,20H,2-3,10H2,1H3,(H,21,24). The number of carbonyl (C=O) groups is 2. The molecule has 0 unspecified atom stereocenters. The molecule has 1 aliphatic rings. The summed E-state index contributed by atoms with van der Waals surface area (Å²) in [6.45, 7) is 0.574. The summed E-state index contributed by atoms with van der Waals surface area (Å²) in [6.07, 6.45) is 1.22. The first-order valence-corrected chi connectivity index (χ1v) is 10.1. The molecule has 9 heteroatoms. The van der Waals surface area contributed by atoms with Crippen molar-refractivity contribution < 1.29 is 18.0 Å². The highest BCUT2D eigenvalue weighted by atomic mass is 35.5. The van der Waals surface area contributed by atoms with E-state index in [1.807, 2.05) is 0 Å². The first-order valence-electron chi connectivity index (χ1n) is 8.27. The van der Waals surface area contributed by atoms with E-state index in [1.54, 1.807) is 23.1 Å². The van der Waals surface area contributed by atoms with Gasteiger partial charge in [-0.3, -0.25) is 9.59 Å². The van der Waals surface area contributed by atoms with Gasteiger partial charge in [-0.2, -0.15) is 0 Å². The van der Waals surface area contributed by atoms with Crippen molar-refractivity contribution in [3.05, 3.63) is 53.1 Å². The van der Waals surface area contributed by atoms with Gasteiger partial charge in [0.2, 0.25) is 15.9 Å². The number of anilines is 2. The second kappa shape index (κ2) is 7.67. The van der Waals surface area contributed by atoms with E-state index in [0.29, 0.717) is 34.9 Å². The predicted molar refractivity (Wildman–Crippen MR) is 104 cm³/mol. The molecule has 2 N–H and O–H groups in total. The molecule has 1 heterocycles. The largest absolute Gasteiger partial charge is 0.322 e. The lowest BCUT2D eigenvalue weighted by Crippen LogP contribution is -2.24. The number of amides is 2. The van der Waals surface area contributed by atoms with E-state index in [9.17, 15) is 18.0 Å². The van der Waals surface area contributed by atoms with Crippen molar-refractivity contribution in [3.63, 3.8) is 0 Å². The third-order valence-corrected chi connectivity index (χ3v) is 6.01. The lowest BCUT2D eigenvalue weighted by atomic mass is 10.1. The van der Waals surface area contributed by atoms with Gasteiger partial charge in [-0.1, -0.05) is 11.6 Å². The zero-order valence-corrected chi connectivity index (χ0v) is 16.1. The molecule has 0 radical (unpaired) electrons. The number of nitrogens with zero attached hydrogens (tertiary/aromatic N) is 1. The van der Waals surface area contributed by atoms with Crippen LogP contribution < -0.4 is 14.9 Å². The lowest BCUT2D eigenvalue weighted by Gasteiger charge is -2.18. The molecule has 3 rings (SSSR count). The second-order valence-electron chi connectivity index (χ2n) is 6.00. The Kier molecular flexibility index (Phi) is 5.50. The minimum Gasteiger partial charge on any atom is -0.322 e. The van der Waals surface area contributed by atoms with Gasteiger partial charge in [0.05, 0.1) is 15.6 Å². The summed E-state index contributed by atoms with van der Waals surface area (Å²) in [5.74, 6) is -0.403. The average molecular weight is 408 g/mol. The Morgan fingerprint density at radius 3 is 2.44 bits per heavy atom. The fourth-order valence-corrected chi connectivity index (χ4v) is 3.75. The summed E-state index contributed by atoms with van der Waals surface area (Å²) in [5.41, 5.74) is 1.31. The van der Waals surface area contributed by atoms with Crippen molar-refractivity contribution in [2.24, 2.45) is 0 Å². The Balaban J connectivity index is 1.79. The molecular weight excluding hydrogens is 390 g/mol. The van der Waals surface area contributed by atoms with Crippen LogP contribution >= 0.6 is 11.6 Å². The van der Waals surface area contributed by atoms with E-state index in [1.165, 1.54) is 31.3 Å². The topological polar surface area (TPSA) is 95.6 Å². The van der Waals surface area contributed by atoms with Gasteiger partial charge >= 0.3 is 0 Å². The van der Waals surface area contributed by atoms with Gasteiger partial charge in [0.1, 0.15) is 0 Å². The molecule has 1 aliphatic heterocycles. The van der Waals surface area contributed by atoms with Gasteiger partial charge in [0.25, 0.3) is 5.91 Å². The molecule has 0 bridgehead atoms. The van der Waals surface area contributed by atoms with Crippen LogP contribution in [-0.2, 0) is 14.8 Å². The molecular formula is C18H18ClN3O4S. The van der Waals surface area contributed by atoms with E-state index in [4.69, 9.17) is 11.6 Å². The zero-order valence-electron chi connectivity index (χ0n) is 14.5. The molecule has 1 fully saturated rings. The summed E-state index contributed by atoms with van der Waals surface area (Å²) in [6, 6.07) is 10.5. The number of sulfonamides is 1. The number of rotatable bonds is 5. The van der Waals surface area contributed by atoms with Crippen LogP contribution in [0.1, 0.15) is 23.2 Å². The van der Waals surface area contributed by atoms with Gasteiger partial charge < -0.3 is 10.2 Å². The number of carbonyl (C=O) groups excluding carboxylic acids is 2. The molecule has 27 heavy (non-hydrogen) atoms. The van der Waals surface area contributed by atoms with Crippen molar-refractivity contribution in [1.29, 1.82) is 0 Å². The van der Waals surface area contributed by atoms with E-state index >= 15 is 0 Å². The van der Waals surface area contributed by atoms with Crippen molar-refractivity contribution in [2.75, 3.05) is 23.8 Å².